The van der Waals surface area contributed by atoms with Crippen LogP contribution in [-0.4, -0.2) is 78.4 Å². The number of nitrogens with one attached hydrogen (secondary N) is 3. The highest BCUT2D eigenvalue weighted by molar-refractivity contribution is 7.98. The molecule has 0 spiro atoms. The highest BCUT2D eigenvalue weighted by atomic mass is 32.2. The fourth-order valence-corrected chi connectivity index (χ4v) is 8.69. The van der Waals surface area contributed by atoms with Gasteiger partial charge in [0.2, 0.25) is 0 Å². The van der Waals surface area contributed by atoms with Crippen molar-refractivity contribution in [3.05, 3.63) is 18.0 Å². The number of aromatic nitrogens is 3. The van der Waals surface area contributed by atoms with Gasteiger partial charge in [-0.05, 0) is 56.6 Å². The van der Waals surface area contributed by atoms with Crippen LogP contribution in [0.3, 0.4) is 0 Å². The van der Waals surface area contributed by atoms with E-state index in [1.165, 1.54) is 25.7 Å². The number of aromatic amines is 1. The van der Waals surface area contributed by atoms with Crippen LogP contribution in [0.4, 0.5) is 4.39 Å². The molecule has 2 aliphatic carbocycles. The summed E-state index contributed by atoms with van der Waals surface area (Å²) in [5.74, 6) is 1.53. The first kappa shape index (κ1) is 30.8. The molecule has 2 saturated carbocycles. The Balaban J connectivity index is 1.50. The molecule has 3 fully saturated rings. The van der Waals surface area contributed by atoms with Crippen molar-refractivity contribution in [1.29, 1.82) is 5.26 Å². The molecule has 1 amide bonds. The second-order valence-corrected chi connectivity index (χ2v) is 14.0. The number of quaternary nitrogens is 1. The summed E-state index contributed by atoms with van der Waals surface area (Å²) < 4.78 is 12.8. The van der Waals surface area contributed by atoms with Crippen molar-refractivity contribution in [2.75, 3.05) is 25.1 Å². The largest absolute Gasteiger partial charge is 0.409 e. The number of H-pyrrole nitrogens is 1. The molecule has 1 saturated heterocycles. The zero-order valence-electron chi connectivity index (χ0n) is 23.8. The maximum Gasteiger partial charge on any atom is 0.366 e. The maximum atomic E-state index is 14.1. The van der Waals surface area contributed by atoms with Crippen LogP contribution < -0.4 is 10.7 Å². The molecular formula is C27H42FN8O2S2+. The second kappa shape index (κ2) is 13.2. The van der Waals surface area contributed by atoms with Crippen molar-refractivity contribution in [3.63, 3.8) is 0 Å². The maximum absolute atomic E-state index is 14.1. The number of nitrogens with zero attached hydrogens (tertiary/aromatic N) is 5. The van der Waals surface area contributed by atoms with Gasteiger partial charge in [-0.25, -0.2) is 9.18 Å². The number of amidine groups is 1. The lowest BCUT2D eigenvalue weighted by Crippen LogP contribution is -2.75. The van der Waals surface area contributed by atoms with Crippen LogP contribution in [0.2, 0.25) is 0 Å². The molecule has 40 heavy (non-hydrogen) atoms. The Bertz CT molecular complexity index is 1120. The molecule has 1 aromatic heterocycles. The first-order valence-electron chi connectivity index (χ1n) is 14.2. The van der Waals surface area contributed by atoms with Crippen LogP contribution in [0, 0.1) is 35.0 Å². The van der Waals surface area contributed by atoms with Gasteiger partial charge in [-0.2, -0.15) is 17.0 Å². The quantitative estimate of drug-likeness (QED) is 0.0621. The molecule has 7 atom stereocenters. The third-order valence-electron chi connectivity index (χ3n) is 8.59. The van der Waals surface area contributed by atoms with E-state index in [1.807, 2.05) is 38.6 Å². The Hall–Kier alpha value is -2.14. The number of alkyl halides is 1. The summed E-state index contributed by atoms with van der Waals surface area (Å²) in [5, 5.41) is 36.2. The van der Waals surface area contributed by atoms with Gasteiger partial charge in [0.25, 0.3) is 0 Å². The van der Waals surface area contributed by atoms with Gasteiger partial charge >= 0.3 is 5.91 Å². The van der Waals surface area contributed by atoms with E-state index in [1.54, 1.807) is 18.1 Å². The van der Waals surface area contributed by atoms with E-state index in [2.05, 4.69) is 43.6 Å². The van der Waals surface area contributed by atoms with Crippen molar-refractivity contribution in [1.82, 2.24) is 26.2 Å². The number of hydrogen-bond acceptors (Lipinski definition) is 9. The third-order valence-corrected chi connectivity index (χ3v) is 10.9. The van der Waals surface area contributed by atoms with Crippen molar-refractivity contribution < 1.29 is 18.4 Å². The van der Waals surface area contributed by atoms with E-state index in [4.69, 9.17) is 0 Å². The van der Waals surface area contributed by atoms with Gasteiger partial charge in [0, 0.05) is 19.2 Å². The first-order chi connectivity index (χ1) is 19.2. The van der Waals surface area contributed by atoms with Gasteiger partial charge in [-0.15, -0.1) is 14.5 Å². The number of carbonyl (C=O) groups excluding carboxylic acids is 1. The van der Waals surface area contributed by atoms with E-state index in [0.29, 0.717) is 43.5 Å². The van der Waals surface area contributed by atoms with Gasteiger partial charge in [0.1, 0.15) is 36.2 Å². The monoisotopic (exact) mass is 593 g/mol. The first-order valence-corrected chi connectivity index (χ1v) is 16.3. The summed E-state index contributed by atoms with van der Waals surface area (Å²) in [5.41, 5.74) is 5.14. The minimum Gasteiger partial charge on any atom is -0.409 e. The van der Waals surface area contributed by atoms with Crippen molar-refractivity contribution >= 4 is 41.0 Å². The minimum atomic E-state index is -0.982. The number of oxime groups is 1. The van der Waals surface area contributed by atoms with E-state index >= 15 is 0 Å². The normalized spacial score (nSPS) is 31.4. The number of nitriles is 1. The van der Waals surface area contributed by atoms with Gasteiger partial charge < -0.3 is 10.5 Å². The lowest BCUT2D eigenvalue weighted by molar-refractivity contribution is -0.785. The Morgan fingerprint density at radius 2 is 2.23 bits per heavy atom. The van der Waals surface area contributed by atoms with Crippen LogP contribution >= 0.6 is 23.7 Å². The zero-order valence-corrected chi connectivity index (χ0v) is 25.4. The zero-order chi connectivity index (χ0) is 28.9. The fraction of sp³-hybridized carbons (Fsp3) is 0.741. The van der Waals surface area contributed by atoms with Crippen molar-refractivity contribution in [2.24, 2.45) is 28.8 Å². The number of thioether (sulfide) groups is 1. The number of allylic oxidation sites excluding steroid dienone is 1. The molecule has 1 aromatic rings. The third kappa shape index (κ3) is 6.50. The molecule has 4 N–H and O–H groups in total. The molecule has 10 nitrogen and oxygen atoms in total. The molecule has 0 radical (unpaired) electrons. The molecule has 1 aliphatic heterocycles. The van der Waals surface area contributed by atoms with E-state index in [0.717, 1.165) is 11.3 Å². The standard InChI is InChI=1S/C27H41FN8O2S2/c1-5-36(33-24(17(2)14-29)21(16-39-4)18-8-6-7-9-18)26(37)27(3,40-36)13-19(23-15-31-35-32-23)10-11-30-25(34-38)20-12-22(20)28/h10,15,17-18,20-22,24,33H,5-9,11-13,16H2,1-4H3,(H2-,30,31,32,34,35,38)/p+1. The van der Waals surface area contributed by atoms with Gasteiger partial charge in [-0.1, -0.05) is 42.1 Å². The summed E-state index contributed by atoms with van der Waals surface area (Å²) in [6, 6.07) is 2.38. The molecule has 0 bridgehead atoms. The van der Waals surface area contributed by atoms with Crippen molar-refractivity contribution in [2.45, 2.75) is 76.3 Å². The number of hydrogen-bond donors (Lipinski definition) is 4. The van der Waals surface area contributed by atoms with Crippen LogP contribution in [-0.2, 0) is 4.79 Å². The minimum absolute atomic E-state index is 0.0719. The van der Waals surface area contributed by atoms with E-state index in [-0.39, 0.29) is 27.7 Å². The topological polar surface area (TPSA) is 139 Å². The Kier molecular flexibility index (Phi) is 10.2. The highest BCUT2D eigenvalue weighted by Gasteiger charge is 2.67. The average Bonchev–Trinajstić information content (AvgIpc) is 3.37. The number of rotatable bonds is 14. The summed E-state index contributed by atoms with van der Waals surface area (Å²) in [4.78, 5) is 14.1. The van der Waals surface area contributed by atoms with Gasteiger partial charge in [0.05, 0.1) is 23.9 Å². The van der Waals surface area contributed by atoms with E-state index in [9.17, 15) is 19.7 Å². The van der Waals surface area contributed by atoms with Crippen LogP contribution in [0.25, 0.3) is 5.57 Å². The molecule has 2 heterocycles. The van der Waals surface area contributed by atoms with Gasteiger partial charge in [0.15, 0.2) is 4.75 Å². The predicted octanol–water partition coefficient (Wildman–Crippen LogP) is 4.30. The molecule has 0 aromatic carbocycles. The Morgan fingerprint density at radius 3 is 2.75 bits per heavy atom. The number of carbonyl (C=O) groups is 1. The average molecular weight is 594 g/mol. The fourth-order valence-electron chi connectivity index (χ4n) is 6.23. The van der Waals surface area contributed by atoms with Crippen LogP contribution in [0.1, 0.15) is 65.0 Å². The second-order valence-electron chi connectivity index (χ2n) is 11.4. The Labute approximate surface area is 244 Å². The molecule has 3 aliphatic rings. The smallest absolute Gasteiger partial charge is 0.366 e. The van der Waals surface area contributed by atoms with Crippen LogP contribution in [0.15, 0.2) is 17.4 Å². The molecular weight excluding hydrogens is 551 g/mol. The predicted molar refractivity (Wildman–Crippen MR) is 157 cm³/mol. The van der Waals surface area contributed by atoms with Crippen LogP contribution in [0.5, 0.6) is 0 Å². The SMILES string of the molecule is CC[N+]1(NC(C(C)C#N)C(CSC)C2CCCC2)SC(C)(CC(=CCNC(=NO)C2CC2F)c2c[nH]nn2)C1=O. The Morgan fingerprint density at radius 1 is 1.50 bits per heavy atom. The molecule has 7 unspecified atom stereocenters. The van der Waals surface area contributed by atoms with Gasteiger partial charge in [-0.3, -0.25) is 5.10 Å². The summed E-state index contributed by atoms with van der Waals surface area (Å²) in [7, 11) is 0. The molecule has 4 rings (SSSR count). The summed E-state index contributed by atoms with van der Waals surface area (Å²) in [6.45, 7) is 6.79. The number of halogens is 1. The molecule has 13 heteroatoms. The van der Waals surface area contributed by atoms with E-state index < -0.39 is 16.8 Å². The highest BCUT2D eigenvalue weighted by Crippen LogP contribution is 2.53. The summed E-state index contributed by atoms with van der Waals surface area (Å²) >= 11 is 3.39. The molecule has 220 valence electrons. The summed E-state index contributed by atoms with van der Waals surface area (Å²) in [6.07, 6.45) is 10.3. The lowest BCUT2D eigenvalue weighted by atomic mass is 9.81. The van der Waals surface area contributed by atoms with Crippen molar-refractivity contribution in [3.8, 4) is 6.07 Å². The lowest BCUT2D eigenvalue weighted by Gasteiger charge is -2.51. The number of amides is 1.